The molecule has 3 heteroatoms. The van der Waals surface area contributed by atoms with Crippen molar-refractivity contribution in [3.8, 4) is 11.3 Å². The van der Waals surface area contributed by atoms with Crippen molar-refractivity contribution in [2.45, 2.75) is 19.8 Å². The van der Waals surface area contributed by atoms with Crippen molar-refractivity contribution in [2.75, 3.05) is 0 Å². The molecule has 0 unspecified atom stereocenters. The first kappa shape index (κ1) is 11.0. The van der Waals surface area contributed by atoms with Crippen LogP contribution in [0.3, 0.4) is 0 Å². The third-order valence-electron chi connectivity index (χ3n) is 2.44. The van der Waals surface area contributed by atoms with Gasteiger partial charge in [-0.2, -0.15) is 5.10 Å². The first-order valence-electron chi connectivity index (χ1n) is 5.44. The first-order valence-corrected chi connectivity index (χ1v) is 5.85. The van der Waals surface area contributed by atoms with Crippen molar-refractivity contribution in [3.63, 3.8) is 0 Å². The predicted molar refractivity (Wildman–Crippen MR) is 68.9 cm³/mol. The topological polar surface area (TPSA) is 28.7 Å². The van der Waals surface area contributed by atoms with E-state index in [0.29, 0.717) is 4.64 Å². The molecule has 0 fully saturated rings. The zero-order chi connectivity index (χ0) is 11.4. The highest BCUT2D eigenvalue weighted by atomic mass is 32.1. The molecule has 0 bridgehead atoms. The van der Waals surface area contributed by atoms with Crippen LogP contribution in [0.2, 0.25) is 0 Å². The van der Waals surface area contributed by atoms with Crippen LogP contribution < -0.4 is 0 Å². The summed E-state index contributed by atoms with van der Waals surface area (Å²) in [6.45, 7) is 2.19. The van der Waals surface area contributed by atoms with E-state index >= 15 is 0 Å². The van der Waals surface area contributed by atoms with Gasteiger partial charge in [0, 0.05) is 5.56 Å². The molecule has 0 saturated carbocycles. The third-order valence-corrected chi connectivity index (χ3v) is 2.67. The van der Waals surface area contributed by atoms with Crippen LogP contribution in [0, 0.1) is 4.64 Å². The van der Waals surface area contributed by atoms with Crippen molar-refractivity contribution < 1.29 is 0 Å². The Morgan fingerprint density at radius 1 is 1.25 bits per heavy atom. The van der Waals surface area contributed by atoms with Gasteiger partial charge in [-0.3, -0.25) is 5.10 Å². The molecule has 1 heterocycles. The number of nitrogens with zero attached hydrogens (tertiary/aromatic N) is 1. The lowest BCUT2D eigenvalue weighted by Gasteiger charge is -2.03. The summed E-state index contributed by atoms with van der Waals surface area (Å²) in [7, 11) is 0. The van der Waals surface area contributed by atoms with Crippen LogP contribution in [0.15, 0.2) is 36.4 Å². The van der Waals surface area contributed by atoms with Gasteiger partial charge in [0.15, 0.2) is 0 Å². The van der Waals surface area contributed by atoms with E-state index < -0.39 is 0 Å². The van der Waals surface area contributed by atoms with E-state index in [2.05, 4.69) is 41.4 Å². The highest BCUT2D eigenvalue weighted by molar-refractivity contribution is 7.71. The molecular weight excluding hydrogens is 216 g/mol. The zero-order valence-electron chi connectivity index (χ0n) is 9.23. The Morgan fingerprint density at radius 2 is 2.12 bits per heavy atom. The van der Waals surface area contributed by atoms with Crippen molar-refractivity contribution in [3.05, 3.63) is 46.6 Å². The van der Waals surface area contributed by atoms with Gasteiger partial charge in [0.1, 0.15) is 4.64 Å². The van der Waals surface area contributed by atoms with Crippen molar-refractivity contribution in [1.82, 2.24) is 10.2 Å². The smallest absolute Gasteiger partial charge is 0.119 e. The molecule has 2 nitrogen and oxygen atoms in total. The fraction of sp³-hybridized carbons (Fsp3) is 0.231. The Morgan fingerprint density at radius 3 is 2.81 bits per heavy atom. The van der Waals surface area contributed by atoms with Crippen molar-refractivity contribution in [1.29, 1.82) is 0 Å². The lowest BCUT2D eigenvalue weighted by atomic mass is 10.0. The number of H-pyrrole nitrogens is 1. The summed E-state index contributed by atoms with van der Waals surface area (Å²) in [5.41, 5.74) is 3.42. The van der Waals surface area contributed by atoms with Gasteiger partial charge in [0.2, 0.25) is 0 Å². The Hall–Kier alpha value is -1.48. The number of aryl methyl sites for hydroxylation is 1. The average Bonchev–Trinajstić information content (AvgIpc) is 2.31. The van der Waals surface area contributed by atoms with E-state index in [-0.39, 0.29) is 0 Å². The van der Waals surface area contributed by atoms with Crippen molar-refractivity contribution >= 4 is 12.2 Å². The molecule has 0 spiro atoms. The summed E-state index contributed by atoms with van der Waals surface area (Å²) >= 11 is 4.97. The van der Waals surface area contributed by atoms with Gasteiger partial charge in [0.05, 0.1) is 5.69 Å². The van der Waals surface area contributed by atoms with Crippen LogP contribution in [0.5, 0.6) is 0 Å². The summed E-state index contributed by atoms with van der Waals surface area (Å²) in [4.78, 5) is 0. The van der Waals surface area contributed by atoms with E-state index in [1.165, 1.54) is 5.56 Å². The van der Waals surface area contributed by atoms with E-state index in [4.69, 9.17) is 12.2 Å². The number of benzene rings is 1. The second-order valence-corrected chi connectivity index (χ2v) is 4.20. The number of aromatic nitrogens is 2. The molecule has 16 heavy (non-hydrogen) atoms. The molecule has 0 radical (unpaired) electrons. The van der Waals surface area contributed by atoms with Crippen LogP contribution in [0.4, 0.5) is 0 Å². The monoisotopic (exact) mass is 230 g/mol. The lowest BCUT2D eigenvalue weighted by Crippen LogP contribution is -1.89. The number of hydrogen-bond donors (Lipinski definition) is 1. The standard InChI is InChI=1S/C13H14N2S/c1-2-4-10-5-3-6-11(9-10)12-7-8-13(16)15-14-12/h3,5-9H,2,4H2,1H3,(H,15,16). The highest BCUT2D eigenvalue weighted by Gasteiger charge is 1.99. The molecule has 82 valence electrons. The van der Waals surface area contributed by atoms with Gasteiger partial charge in [-0.1, -0.05) is 43.8 Å². The molecule has 0 atom stereocenters. The molecule has 2 rings (SSSR count). The third kappa shape index (κ3) is 2.55. The molecule has 0 aliphatic heterocycles. The SMILES string of the molecule is CCCc1cccc(-c2ccc(=S)[nH]n2)c1. The largest absolute Gasteiger partial charge is 0.267 e. The van der Waals surface area contributed by atoms with E-state index in [9.17, 15) is 0 Å². The second-order valence-electron chi connectivity index (χ2n) is 3.76. The summed E-state index contributed by atoms with van der Waals surface area (Å²) in [5, 5.41) is 7.04. The van der Waals surface area contributed by atoms with E-state index in [1.807, 2.05) is 12.1 Å². The maximum Gasteiger partial charge on any atom is 0.119 e. The fourth-order valence-electron chi connectivity index (χ4n) is 1.68. The van der Waals surface area contributed by atoms with E-state index in [0.717, 1.165) is 24.1 Å². The van der Waals surface area contributed by atoms with Gasteiger partial charge in [-0.25, -0.2) is 0 Å². The molecule has 2 aromatic rings. The van der Waals surface area contributed by atoms with Crippen LogP contribution in [0.25, 0.3) is 11.3 Å². The summed E-state index contributed by atoms with van der Waals surface area (Å²) < 4.78 is 0.661. The van der Waals surface area contributed by atoms with Gasteiger partial charge in [0.25, 0.3) is 0 Å². The van der Waals surface area contributed by atoms with Gasteiger partial charge in [-0.15, -0.1) is 0 Å². The Balaban J connectivity index is 2.36. The van der Waals surface area contributed by atoms with Crippen LogP contribution >= 0.6 is 12.2 Å². The van der Waals surface area contributed by atoms with E-state index in [1.54, 1.807) is 0 Å². The van der Waals surface area contributed by atoms with Crippen LogP contribution in [0.1, 0.15) is 18.9 Å². The second kappa shape index (κ2) is 5.03. The molecule has 0 saturated heterocycles. The number of hydrogen-bond acceptors (Lipinski definition) is 2. The Labute approximate surface area is 100 Å². The van der Waals surface area contributed by atoms with Crippen LogP contribution in [-0.2, 0) is 6.42 Å². The minimum atomic E-state index is 0.661. The van der Waals surface area contributed by atoms with Crippen LogP contribution in [-0.4, -0.2) is 10.2 Å². The molecule has 1 aromatic carbocycles. The minimum Gasteiger partial charge on any atom is -0.267 e. The quantitative estimate of drug-likeness (QED) is 0.813. The fourth-order valence-corrected chi connectivity index (χ4v) is 1.79. The maximum atomic E-state index is 4.97. The normalized spacial score (nSPS) is 10.3. The molecule has 1 aromatic heterocycles. The van der Waals surface area contributed by atoms with Gasteiger partial charge >= 0.3 is 0 Å². The Bertz CT molecular complexity index is 511. The number of aromatic amines is 1. The summed E-state index contributed by atoms with van der Waals surface area (Å²) in [6.07, 6.45) is 2.27. The Kier molecular flexibility index (Phi) is 3.47. The number of nitrogens with one attached hydrogen (secondary N) is 1. The van der Waals surface area contributed by atoms with Gasteiger partial charge < -0.3 is 0 Å². The zero-order valence-corrected chi connectivity index (χ0v) is 10.1. The molecule has 1 N–H and O–H groups in total. The summed E-state index contributed by atoms with van der Waals surface area (Å²) in [5.74, 6) is 0. The maximum absolute atomic E-state index is 4.97. The molecule has 0 amide bonds. The molecule has 0 aliphatic rings. The average molecular weight is 230 g/mol. The van der Waals surface area contributed by atoms with Gasteiger partial charge in [-0.05, 0) is 30.2 Å². The highest BCUT2D eigenvalue weighted by Crippen LogP contribution is 2.17. The van der Waals surface area contributed by atoms with Crippen molar-refractivity contribution in [2.24, 2.45) is 0 Å². The summed E-state index contributed by atoms with van der Waals surface area (Å²) in [6, 6.07) is 12.3. The predicted octanol–water partition coefficient (Wildman–Crippen LogP) is 3.76. The minimum absolute atomic E-state index is 0.661. The lowest BCUT2D eigenvalue weighted by molar-refractivity contribution is 0.921. The molecule has 0 aliphatic carbocycles. The molecular formula is C13H14N2S. The number of rotatable bonds is 3. The first-order chi connectivity index (χ1) is 7.79.